The number of thiophene rings is 1. The fourth-order valence-electron chi connectivity index (χ4n) is 2.21. The highest BCUT2D eigenvalue weighted by atomic mass is 32.1. The summed E-state index contributed by atoms with van der Waals surface area (Å²) in [5.41, 5.74) is 0.476. The predicted molar refractivity (Wildman–Crippen MR) is 89.7 cm³/mol. The van der Waals surface area contributed by atoms with Gasteiger partial charge < -0.3 is 10.1 Å². The largest absolute Gasteiger partial charge is 0.495 e. The second kappa shape index (κ2) is 6.17. The van der Waals surface area contributed by atoms with Gasteiger partial charge in [0.15, 0.2) is 0 Å². The van der Waals surface area contributed by atoms with Gasteiger partial charge in [-0.2, -0.15) is 0 Å². The van der Waals surface area contributed by atoms with Gasteiger partial charge in [-0.1, -0.05) is 6.92 Å². The van der Waals surface area contributed by atoms with Crippen LogP contribution in [-0.2, 0) is 6.42 Å². The summed E-state index contributed by atoms with van der Waals surface area (Å²) in [4.78, 5) is 21.1. The van der Waals surface area contributed by atoms with E-state index in [1.54, 1.807) is 17.4 Å². The first-order chi connectivity index (χ1) is 11.1. The quantitative estimate of drug-likeness (QED) is 0.563. The van der Waals surface area contributed by atoms with E-state index in [4.69, 9.17) is 4.74 Å². The Labute approximate surface area is 136 Å². The van der Waals surface area contributed by atoms with E-state index in [1.165, 1.54) is 30.4 Å². The van der Waals surface area contributed by atoms with Crippen LogP contribution in [-0.4, -0.2) is 22.0 Å². The van der Waals surface area contributed by atoms with Gasteiger partial charge in [-0.05, 0) is 18.6 Å². The molecule has 0 aliphatic heterocycles. The molecule has 0 atom stereocenters. The van der Waals surface area contributed by atoms with Crippen molar-refractivity contribution in [1.82, 2.24) is 9.97 Å². The number of methoxy groups -OCH3 is 1. The summed E-state index contributed by atoms with van der Waals surface area (Å²) in [5.74, 6) is 1.11. The molecule has 8 heteroatoms. The lowest BCUT2D eigenvalue weighted by Gasteiger charge is -2.10. The molecule has 0 bridgehead atoms. The highest BCUT2D eigenvalue weighted by Crippen LogP contribution is 2.34. The Morgan fingerprint density at radius 2 is 2.17 bits per heavy atom. The molecule has 0 radical (unpaired) electrons. The van der Waals surface area contributed by atoms with Crippen LogP contribution in [0.3, 0.4) is 0 Å². The van der Waals surface area contributed by atoms with Gasteiger partial charge in [-0.25, -0.2) is 9.97 Å². The Bertz CT molecular complexity index is 878. The Hall–Kier alpha value is -2.74. The summed E-state index contributed by atoms with van der Waals surface area (Å²) in [6.07, 6.45) is 2.39. The van der Waals surface area contributed by atoms with Gasteiger partial charge in [0.2, 0.25) is 0 Å². The molecule has 0 aliphatic carbocycles. The predicted octanol–water partition coefficient (Wildman–Crippen LogP) is 3.91. The topological polar surface area (TPSA) is 90.2 Å². The van der Waals surface area contributed by atoms with Crippen molar-refractivity contribution in [3.63, 3.8) is 0 Å². The van der Waals surface area contributed by atoms with E-state index >= 15 is 0 Å². The number of nitro groups is 1. The maximum absolute atomic E-state index is 11.0. The summed E-state index contributed by atoms with van der Waals surface area (Å²) < 4.78 is 5.26. The second-order valence-corrected chi connectivity index (χ2v) is 5.89. The van der Waals surface area contributed by atoms with Gasteiger partial charge in [0.05, 0.1) is 23.1 Å². The third kappa shape index (κ3) is 2.93. The van der Waals surface area contributed by atoms with E-state index in [0.717, 1.165) is 16.6 Å². The minimum atomic E-state index is -0.444. The number of rotatable bonds is 5. The lowest BCUT2D eigenvalue weighted by atomic mass is 10.2. The molecule has 23 heavy (non-hydrogen) atoms. The third-order valence-electron chi connectivity index (χ3n) is 3.38. The van der Waals surface area contributed by atoms with Crippen molar-refractivity contribution >= 4 is 38.7 Å². The zero-order valence-corrected chi connectivity index (χ0v) is 13.4. The molecule has 0 saturated carbocycles. The molecule has 2 aromatic heterocycles. The van der Waals surface area contributed by atoms with E-state index in [2.05, 4.69) is 22.2 Å². The normalized spacial score (nSPS) is 10.7. The van der Waals surface area contributed by atoms with Crippen LogP contribution in [0, 0.1) is 10.1 Å². The Kier molecular flexibility index (Phi) is 4.07. The first kappa shape index (κ1) is 15.2. The summed E-state index contributed by atoms with van der Waals surface area (Å²) in [7, 11) is 1.52. The van der Waals surface area contributed by atoms with Gasteiger partial charge in [0.25, 0.3) is 5.69 Å². The van der Waals surface area contributed by atoms with E-state index in [0.29, 0.717) is 17.3 Å². The van der Waals surface area contributed by atoms with Crippen LogP contribution in [0.15, 0.2) is 30.6 Å². The highest BCUT2D eigenvalue weighted by Gasteiger charge is 2.14. The van der Waals surface area contributed by atoms with E-state index in [-0.39, 0.29) is 5.69 Å². The molecule has 2 heterocycles. The van der Waals surface area contributed by atoms with Gasteiger partial charge in [-0.3, -0.25) is 10.1 Å². The van der Waals surface area contributed by atoms with Crippen LogP contribution in [0.4, 0.5) is 17.2 Å². The van der Waals surface area contributed by atoms with Crippen LogP contribution < -0.4 is 10.1 Å². The molecule has 0 aliphatic rings. The van der Waals surface area contributed by atoms with Crippen LogP contribution in [0.5, 0.6) is 5.75 Å². The number of aromatic nitrogens is 2. The van der Waals surface area contributed by atoms with Crippen molar-refractivity contribution < 1.29 is 9.66 Å². The van der Waals surface area contributed by atoms with Crippen molar-refractivity contribution in [3.8, 4) is 5.75 Å². The maximum Gasteiger partial charge on any atom is 0.271 e. The molecular formula is C15H14N4O3S. The standard InChI is InChI=1S/C15H14N4O3S/c1-3-10-7-11-14(16-8-17-15(11)23-10)18-12-6-9(19(20)21)4-5-13(12)22-2/h4-8H,3H2,1-2H3,(H,16,17,18). The number of aryl methyl sites for hydroxylation is 1. The highest BCUT2D eigenvalue weighted by molar-refractivity contribution is 7.18. The van der Waals surface area contributed by atoms with Crippen molar-refractivity contribution in [1.29, 1.82) is 0 Å². The number of nitrogens with zero attached hydrogens (tertiary/aromatic N) is 3. The number of nitro benzene ring substituents is 1. The summed E-state index contributed by atoms with van der Waals surface area (Å²) in [6.45, 7) is 2.08. The molecule has 7 nitrogen and oxygen atoms in total. The Balaban J connectivity index is 2.06. The minimum absolute atomic E-state index is 0.0156. The molecule has 3 rings (SSSR count). The molecule has 0 amide bonds. The van der Waals surface area contributed by atoms with Gasteiger partial charge in [0.1, 0.15) is 22.7 Å². The van der Waals surface area contributed by atoms with Crippen LogP contribution >= 0.6 is 11.3 Å². The fourth-order valence-corrected chi connectivity index (χ4v) is 3.15. The third-order valence-corrected chi connectivity index (χ3v) is 4.56. The first-order valence-corrected chi connectivity index (χ1v) is 7.77. The van der Waals surface area contributed by atoms with Crippen molar-refractivity contribution in [2.75, 3.05) is 12.4 Å². The molecule has 1 N–H and O–H groups in total. The summed E-state index contributed by atoms with van der Waals surface area (Å²) in [6, 6.07) is 6.43. The summed E-state index contributed by atoms with van der Waals surface area (Å²) in [5, 5.41) is 15.0. The molecule has 1 aromatic carbocycles. The molecular weight excluding hydrogens is 316 g/mol. The monoisotopic (exact) mass is 330 g/mol. The Morgan fingerprint density at radius 3 is 2.87 bits per heavy atom. The van der Waals surface area contributed by atoms with E-state index in [1.807, 2.05) is 6.07 Å². The minimum Gasteiger partial charge on any atom is -0.495 e. The number of hydrogen-bond donors (Lipinski definition) is 1. The zero-order chi connectivity index (χ0) is 16.4. The lowest BCUT2D eigenvalue weighted by molar-refractivity contribution is -0.384. The van der Waals surface area contributed by atoms with Crippen molar-refractivity contribution in [2.24, 2.45) is 0 Å². The SMILES string of the molecule is CCc1cc2c(Nc3cc([N+](=O)[O-])ccc3OC)ncnc2s1. The van der Waals surface area contributed by atoms with Crippen LogP contribution in [0.1, 0.15) is 11.8 Å². The number of fused-ring (bicyclic) bond motifs is 1. The Morgan fingerprint density at radius 1 is 1.35 bits per heavy atom. The number of ether oxygens (including phenoxy) is 1. The lowest BCUT2D eigenvalue weighted by Crippen LogP contribution is -1.99. The first-order valence-electron chi connectivity index (χ1n) is 6.95. The average molecular weight is 330 g/mol. The molecule has 0 spiro atoms. The van der Waals surface area contributed by atoms with Gasteiger partial charge in [0, 0.05) is 17.0 Å². The van der Waals surface area contributed by atoms with Gasteiger partial charge in [-0.15, -0.1) is 11.3 Å². The smallest absolute Gasteiger partial charge is 0.271 e. The van der Waals surface area contributed by atoms with Crippen LogP contribution in [0.25, 0.3) is 10.2 Å². The molecule has 0 fully saturated rings. The number of nitrogens with one attached hydrogen (secondary N) is 1. The molecule has 0 unspecified atom stereocenters. The molecule has 3 aromatic rings. The second-order valence-electron chi connectivity index (χ2n) is 4.77. The summed E-state index contributed by atoms with van der Waals surface area (Å²) >= 11 is 1.61. The maximum atomic E-state index is 11.0. The zero-order valence-electron chi connectivity index (χ0n) is 12.6. The number of hydrogen-bond acceptors (Lipinski definition) is 7. The van der Waals surface area contributed by atoms with E-state index in [9.17, 15) is 10.1 Å². The number of anilines is 2. The number of non-ortho nitro benzene ring substituents is 1. The van der Waals surface area contributed by atoms with Gasteiger partial charge >= 0.3 is 0 Å². The fraction of sp³-hybridized carbons (Fsp3) is 0.200. The molecule has 0 saturated heterocycles. The van der Waals surface area contributed by atoms with Crippen molar-refractivity contribution in [2.45, 2.75) is 13.3 Å². The average Bonchev–Trinajstić information content (AvgIpc) is 2.99. The number of benzene rings is 1. The van der Waals surface area contributed by atoms with Crippen LogP contribution in [0.2, 0.25) is 0 Å². The van der Waals surface area contributed by atoms with E-state index < -0.39 is 4.92 Å². The van der Waals surface area contributed by atoms with Crippen molar-refractivity contribution in [3.05, 3.63) is 45.6 Å². The molecule has 118 valence electrons.